The third-order valence-corrected chi connectivity index (χ3v) is 3.14. The van der Waals surface area contributed by atoms with Crippen LogP contribution in [0.5, 0.6) is 5.88 Å². The van der Waals surface area contributed by atoms with Gasteiger partial charge in [0, 0.05) is 11.6 Å². The molecule has 0 amide bonds. The molecule has 0 aliphatic heterocycles. The minimum absolute atomic E-state index is 0.139. The van der Waals surface area contributed by atoms with Gasteiger partial charge in [-0.25, -0.2) is 9.97 Å². The molecular formula is C13H21N3O. The van der Waals surface area contributed by atoms with Crippen molar-refractivity contribution in [3.05, 3.63) is 12.4 Å². The van der Waals surface area contributed by atoms with Gasteiger partial charge >= 0.3 is 0 Å². The molecular weight excluding hydrogens is 214 g/mol. The molecule has 0 spiro atoms. The molecule has 4 heteroatoms. The number of nitrogens with zero attached hydrogens (tertiary/aromatic N) is 2. The molecule has 1 fully saturated rings. The lowest BCUT2D eigenvalue weighted by Gasteiger charge is -2.26. The topological polar surface area (TPSA) is 47.0 Å². The van der Waals surface area contributed by atoms with Crippen LogP contribution in [0.2, 0.25) is 0 Å². The minimum atomic E-state index is 0.139. The molecule has 1 aromatic heterocycles. The summed E-state index contributed by atoms with van der Waals surface area (Å²) in [4.78, 5) is 8.36. The van der Waals surface area contributed by atoms with E-state index in [-0.39, 0.29) is 11.6 Å². The van der Waals surface area contributed by atoms with E-state index in [0.717, 1.165) is 5.82 Å². The highest BCUT2D eigenvalue weighted by molar-refractivity contribution is 5.40. The van der Waals surface area contributed by atoms with Crippen LogP contribution < -0.4 is 10.1 Å². The molecule has 0 unspecified atom stereocenters. The molecule has 0 radical (unpaired) electrons. The Kier molecular flexibility index (Phi) is 3.50. The Bertz CT molecular complexity index is 373. The van der Waals surface area contributed by atoms with Crippen LogP contribution in [-0.4, -0.2) is 21.6 Å². The molecule has 1 N–H and O–H groups in total. The van der Waals surface area contributed by atoms with Crippen LogP contribution in [0, 0.1) is 0 Å². The summed E-state index contributed by atoms with van der Waals surface area (Å²) in [5, 5.41) is 3.50. The van der Waals surface area contributed by atoms with Gasteiger partial charge in [0.05, 0.1) is 6.10 Å². The highest BCUT2D eigenvalue weighted by Gasteiger charge is 2.28. The zero-order valence-electron chi connectivity index (χ0n) is 10.9. The first-order valence-corrected chi connectivity index (χ1v) is 6.34. The molecule has 4 nitrogen and oxygen atoms in total. The van der Waals surface area contributed by atoms with Crippen molar-refractivity contribution in [3.8, 4) is 5.88 Å². The second-order valence-electron chi connectivity index (χ2n) is 5.30. The van der Waals surface area contributed by atoms with Crippen molar-refractivity contribution in [1.82, 2.24) is 9.97 Å². The van der Waals surface area contributed by atoms with Crippen molar-refractivity contribution in [1.29, 1.82) is 0 Å². The SMILES string of the molecule is CC(C)Oc1cc(NC2(C)CCCC2)ncn1. The molecule has 17 heavy (non-hydrogen) atoms. The number of nitrogens with one attached hydrogen (secondary N) is 1. The standard InChI is InChI=1S/C13H21N3O/c1-10(2)17-12-8-11(14-9-15-12)16-13(3)6-4-5-7-13/h8-10H,4-7H2,1-3H3,(H,14,15,16). The third kappa shape index (κ3) is 3.32. The summed E-state index contributed by atoms with van der Waals surface area (Å²) in [6.07, 6.45) is 6.70. The van der Waals surface area contributed by atoms with E-state index in [1.807, 2.05) is 19.9 Å². The maximum absolute atomic E-state index is 5.56. The van der Waals surface area contributed by atoms with Gasteiger partial charge in [-0.15, -0.1) is 0 Å². The lowest BCUT2D eigenvalue weighted by Crippen LogP contribution is -2.31. The molecule has 1 aliphatic carbocycles. The lowest BCUT2D eigenvalue weighted by molar-refractivity contribution is 0.232. The van der Waals surface area contributed by atoms with E-state index in [1.54, 1.807) is 6.33 Å². The molecule has 1 heterocycles. The second-order valence-corrected chi connectivity index (χ2v) is 5.30. The van der Waals surface area contributed by atoms with Crippen LogP contribution in [0.3, 0.4) is 0 Å². The maximum Gasteiger partial charge on any atom is 0.218 e. The number of aromatic nitrogens is 2. The van der Waals surface area contributed by atoms with E-state index in [1.165, 1.54) is 25.7 Å². The van der Waals surface area contributed by atoms with E-state index in [9.17, 15) is 0 Å². The van der Waals surface area contributed by atoms with E-state index in [0.29, 0.717) is 5.88 Å². The largest absolute Gasteiger partial charge is 0.475 e. The molecule has 0 aromatic carbocycles. The molecule has 0 saturated heterocycles. The predicted molar refractivity (Wildman–Crippen MR) is 68.3 cm³/mol. The monoisotopic (exact) mass is 235 g/mol. The van der Waals surface area contributed by atoms with Gasteiger partial charge in [0.25, 0.3) is 0 Å². The van der Waals surface area contributed by atoms with E-state index in [4.69, 9.17) is 4.74 Å². The van der Waals surface area contributed by atoms with Gasteiger partial charge in [-0.05, 0) is 33.6 Å². The van der Waals surface area contributed by atoms with E-state index >= 15 is 0 Å². The Morgan fingerprint density at radius 2 is 2.00 bits per heavy atom. The zero-order valence-corrected chi connectivity index (χ0v) is 10.9. The predicted octanol–water partition coefficient (Wildman–Crippen LogP) is 3.01. The summed E-state index contributed by atoms with van der Waals surface area (Å²) in [7, 11) is 0. The van der Waals surface area contributed by atoms with Crippen molar-refractivity contribution in [3.63, 3.8) is 0 Å². The number of anilines is 1. The van der Waals surface area contributed by atoms with Gasteiger partial charge in [0.1, 0.15) is 12.1 Å². The first-order chi connectivity index (χ1) is 8.07. The van der Waals surface area contributed by atoms with Gasteiger partial charge in [0.15, 0.2) is 0 Å². The Morgan fingerprint density at radius 3 is 2.65 bits per heavy atom. The molecule has 0 atom stereocenters. The molecule has 0 bridgehead atoms. The molecule has 1 saturated carbocycles. The summed E-state index contributed by atoms with van der Waals surface area (Å²) in [5.41, 5.74) is 0.184. The van der Waals surface area contributed by atoms with Crippen LogP contribution in [-0.2, 0) is 0 Å². The van der Waals surface area contributed by atoms with Crippen LogP contribution in [0.1, 0.15) is 46.5 Å². The smallest absolute Gasteiger partial charge is 0.218 e. The Labute approximate surface area is 103 Å². The third-order valence-electron chi connectivity index (χ3n) is 3.14. The lowest BCUT2D eigenvalue weighted by atomic mass is 10.0. The highest BCUT2D eigenvalue weighted by Crippen LogP contribution is 2.32. The van der Waals surface area contributed by atoms with E-state index < -0.39 is 0 Å². The van der Waals surface area contributed by atoms with Crippen molar-refractivity contribution < 1.29 is 4.74 Å². The average Bonchev–Trinajstić information content (AvgIpc) is 2.64. The summed E-state index contributed by atoms with van der Waals surface area (Å²) >= 11 is 0. The summed E-state index contributed by atoms with van der Waals surface area (Å²) in [6, 6.07) is 1.88. The highest BCUT2D eigenvalue weighted by atomic mass is 16.5. The fraction of sp³-hybridized carbons (Fsp3) is 0.692. The molecule has 1 aromatic rings. The quantitative estimate of drug-likeness (QED) is 0.871. The Balaban J connectivity index is 2.05. The molecule has 2 rings (SSSR count). The van der Waals surface area contributed by atoms with Crippen LogP contribution in [0.4, 0.5) is 5.82 Å². The van der Waals surface area contributed by atoms with Crippen molar-refractivity contribution >= 4 is 5.82 Å². The van der Waals surface area contributed by atoms with E-state index in [2.05, 4.69) is 22.2 Å². The van der Waals surface area contributed by atoms with Crippen molar-refractivity contribution in [2.45, 2.75) is 58.1 Å². The van der Waals surface area contributed by atoms with Gasteiger partial charge in [-0.2, -0.15) is 0 Å². The first kappa shape index (κ1) is 12.1. The summed E-state index contributed by atoms with van der Waals surface area (Å²) < 4.78 is 5.56. The van der Waals surface area contributed by atoms with Crippen LogP contribution in [0.25, 0.3) is 0 Å². The van der Waals surface area contributed by atoms with Gasteiger partial charge < -0.3 is 10.1 Å². The fourth-order valence-corrected chi connectivity index (χ4v) is 2.30. The average molecular weight is 235 g/mol. The zero-order chi connectivity index (χ0) is 12.3. The summed E-state index contributed by atoms with van der Waals surface area (Å²) in [5.74, 6) is 1.50. The van der Waals surface area contributed by atoms with Crippen LogP contribution >= 0.6 is 0 Å². The Hall–Kier alpha value is -1.32. The van der Waals surface area contributed by atoms with Crippen LogP contribution in [0.15, 0.2) is 12.4 Å². The second kappa shape index (κ2) is 4.90. The Morgan fingerprint density at radius 1 is 1.29 bits per heavy atom. The van der Waals surface area contributed by atoms with Gasteiger partial charge in [-0.1, -0.05) is 12.8 Å². The van der Waals surface area contributed by atoms with Crippen molar-refractivity contribution in [2.75, 3.05) is 5.32 Å². The first-order valence-electron chi connectivity index (χ1n) is 6.34. The normalized spacial score (nSPS) is 18.4. The number of ether oxygens (including phenoxy) is 1. The van der Waals surface area contributed by atoms with Crippen molar-refractivity contribution in [2.24, 2.45) is 0 Å². The van der Waals surface area contributed by atoms with Gasteiger partial charge in [0.2, 0.25) is 5.88 Å². The van der Waals surface area contributed by atoms with Gasteiger partial charge in [-0.3, -0.25) is 0 Å². The number of hydrogen-bond donors (Lipinski definition) is 1. The fourth-order valence-electron chi connectivity index (χ4n) is 2.30. The number of hydrogen-bond acceptors (Lipinski definition) is 4. The summed E-state index contributed by atoms with van der Waals surface area (Å²) in [6.45, 7) is 6.24. The molecule has 1 aliphatic rings. The maximum atomic E-state index is 5.56. The molecule has 94 valence electrons. The minimum Gasteiger partial charge on any atom is -0.475 e. The number of rotatable bonds is 4.